The van der Waals surface area contributed by atoms with Gasteiger partial charge in [0, 0.05) is 5.92 Å². The summed E-state index contributed by atoms with van der Waals surface area (Å²) in [6.07, 6.45) is 1.47. The summed E-state index contributed by atoms with van der Waals surface area (Å²) in [5.41, 5.74) is 0. The lowest BCUT2D eigenvalue weighted by molar-refractivity contribution is -0.204. The fourth-order valence-corrected chi connectivity index (χ4v) is 2.78. The Balaban J connectivity index is 2.04. The molecule has 0 aromatic heterocycles. The van der Waals surface area contributed by atoms with Crippen LogP contribution in [0.1, 0.15) is 20.8 Å². The van der Waals surface area contributed by atoms with Crippen LogP contribution in [-0.4, -0.2) is 37.6 Å². The van der Waals surface area contributed by atoms with E-state index in [1.54, 1.807) is 19.1 Å². The molecule has 5 heteroatoms. The second kappa shape index (κ2) is 4.20. The fraction of sp³-hybridized carbons (Fsp3) is 0.833. The lowest BCUT2D eigenvalue weighted by atomic mass is 10.0. The van der Waals surface area contributed by atoms with Crippen molar-refractivity contribution in [2.24, 2.45) is 5.92 Å². The Morgan fingerprint density at radius 3 is 2.41 bits per heavy atom. The molecule has 2 aliphatic heterocycles. The normalized spacial score (nSPS) is 41.0. The number of fused-ring (bicyclic) bond motifs is 1. The van der Waals surface area contributed by atoms with Crippen molar-refractivity contribution < 1.29 is 18.8 Å². The van der Waals surface area contributed by atoms with Gasteiger partial charge in [-0.25, -0.2) is 0 Å². The van der Waals surface area contributed by atoms with Crippen LogP contribution < -0.4 is 0 Å². The van der Waals surface area contributed by atoms with Gasteiger partial charge in [0.15, 0.2) is 12.1 Å². The van der Waals surface area contributed by atoms with Crippen molar-refractivity contribution in [1.29, 1.82) is 0 Å². The summed E-state index contributed by atoms with van der Waals surface area (Å²) in [6.45, 7) is 9.32. The number of hydrogen-bond donors (Lipinski definition) is 0. The van der Waals surface area contributed by atoms with Crippen LogP contribution in [0.3, 0.4) is 0 Å². The molecule has 0 saturated carbocycles. The third kappa shape index (κ3) is 3.00. The van der Waals surface area contributed by atoms with Crippen LogP contribution in [0.25, 0.3) is 0 Å². The van der Waals surface area contributed by atoms with Gasteiger partial charge in [-0.3, -0.25) is 0 Å². The molecule has 0 N–H and O–H groups in total. The molecule has 2 saturated heterocycles. The van der Waals surface area contributed by atoms with E-state index in [1.807, 2.05) is 19.9 Å². The van der Waals surface area contributed by atoms with Crippen LogP contribution in [0.15, 0.2) is 11.9 Å². The van der Waals surface area contributed by atoms with E-state index in [0.717, 1.165) is 0 Å². The zero-order chi connectivity index (χ0) is 12.8. The van der Waals surface area contributed by atoms with Crippen LogP contribution in [0.5, 0.6) is 0 Å². The van der Waals surface area contributed by atoms with Crippen molar-refractivity contribution in [3.8, 4) is 0 Å². The zero-order valence-corrected chi connectivity index (χ0v) is 11.9. The van der Waals surface area contributed by atoms with E-state index in [1.165, 1.54) is 0 Å². The molecular formula is C12H21O4P. The molecule has 98 valence electrons. The van der Waals surface area contributed by atoms with Crippen molar-refractivity contribution >= 4 is 7.14 Å². The standard InChI is InChI=1S/C12H21O4P/c1-8-9(6-7-17(4,5)13)14-11-10(8)15-12(2,3)16-11/h6-11H,1-5H3/b7-6+/t8-,9-,10-,11-/m1/s1. The SMILES string of the molecule is C[C@H]1[C@H]2OC(C)(C)O[C@H]2O[C@@H]1/C=C/P(C)(C)=O. The van der Waals surface area contributed by atoms with Gasteiger partial charge in [-0.2, -0.15) is 0 Å². The highest BCUT2D eigenvalue weighted by Gasteiger charge is 2.52. The molecule has 2 fully saturated rings. The predicted molar refractivity (Wildman–Crippen MR) is 66.5 cm³/mol. The third-order valence-corrected chi connectivity index (χ3v) is 3.94. The largest absolute Gasteiger partial charge is 0.342 e. The van der Waals surface area contributed by atoms with Gasteiger partial charge in [0.1, 0.15) is 13.2 Å². The molecule has 0 radical (unpaired) electrons. The van der Waals surface area contributed by atoms with E-state index >= 15 is 0 Å². The molecule has 2 heterocycles. The Morgan fingerprint density at radius 2 is 1.88 bits per heavy atom. The Bertz CT molecular complexity index is 371. The van der Waals surface area contributed by atoms with E-state index in [-0.39, 0.29) is 24.4 Å². The summed E-state index contributed by atoms with van der Waals surface area (Å²) in [5, 5.41) is 0. The fourth-order valence-electron chi connectivity index (χ4n) is 2.20. The molecule has 0 spiro atoms. The first-order chi connectivity index (χ1) is 7.68. The van der Waals surface area contributed by atoms with Crippen molar-refractivity contribution in [2.75, 3.05) is 13.3 Å². The summed E-state index contributed by atoms with van der Waals surface area (Å²) in [6, 6.07) is 0. The highest BCUT2D eigenvalue weighted by atomic mass is 31.2. The molecule has 17 heavy (non-hydrogen) atoms. The monoisotopic (exact) mass is 260 g/mol. The van der Waals surface area contributed by atoms with Crippen LogP contribution in [0.2, 0.25) is 0 Å². The Labute approximate surface area is 103 Å². The smallest absolute Gasteiger partial charge is 0.188 e. The van der Waals surface area contributed by atoms with Crippen LogP contribution in [0.4, 0.5) is 0 Å². The molecule has 0 aromatic carbocycles. The average molecular weight is 260 g/mol. The van der Waals surface area contributed by atoms with E-state index in [4.69, 9.17) is 14.2 Å². The Morgan fingerprint density at radius 1 is 1.24 bits per heavy atom. The van der Waals surface area contributed by atoms with Gasteiger partial charge in [-0.15, -0.1) is 0 Å². The van der Waals surface area contributed by atoms with E-state index < -0.39 is 12.9 Å². The Hall–Kier alpha value is -0.150. The van der Waals surface area contributed by atoms with E-state index in [0.29, 0.717) is 0 Å². The second-order valence-electron chi connectivity index (χ2n) is 5.70. The molecule has 0 aliphatic carbocycles. The summed E-state index contributed by atoms with van der Waals surface area (Å²) < 4.78 is 28.9. The number of rotatable bonds is 2. The predicted octanol–water partition coefficient (Wildman–Crippen LogP) is 2.64. The summed E-state index contributed by atoms with van der Waals surface area (Å²) >= 11 is 0. The minimum absolute atomic E-state index is 0.0345. The minimum atomic E-state index is -2.14. The highest BCUT2D eigenvalue weighted by molar-refractivity contribution is 7.65. The lowest BCUT2D eigenvalue weighted by Crippen LogP contribution is -2.27. The molecule has 2 aliphatic rings. The Kier molecular flexibility index (Phi) is 3.28. The van der Waals surface area contributed by atoms with Crippen molar-refractivity contribution in [3.05, 3.63) is 11.9 Å². The molecule has 0 aromatic rings. The molecule has 4 atom stereocenters. The lowest BCUT2D eigenvalue weighted by Gasteiger charge is -2.22. The molecule has 0 amide bonds. The first-order valence-electron chi connectivity index (χ1n) is 5.93. The van der Waals surface area contributed by atoms with Gasteiger partial charge >= 0.3 is 0 Å². The van der Waals surface area contributed by atoms with E-state index in [9.17, 15) is 4.57 Å². The van der Waals surface area contributed by atoms with Gasteiger partial charge in [-0.05, 0) is 33.0 Å². The minimum Gasteiger partial charge on any atom is -0.342 e. The number of hydrogen-bond acceptors (Lipinski definition) is 4. The van der Waals surface area contributed by atoms with Crippen molar-refractivity contribution in [3.63, 3.8) is 0 Å². The zero-order valence-electron chi connectivity index (χ0n) is 11.0. The van der Waals surface area contributed by atoms with Gasteiger partial charge in [0.25, 0.3) is 0 Å². The van der Waals surface area contributed by atoms with Crippen LogP contribution >= 0.6 is 7.14 Å². The van der Waals surface area contributed by atoms with Crippen molar-refractivity contribution in [1.82, 2.24) is 0 Å². The van der Waals surface area contributed by atoms with Gasteiger partial charge < -0.3 is 18.8 Å². The van der Waals surface area contributed by atoms with Crippen molar-refractivity contribution in [2.45, 2.75) is 45.1 Å². The quantitative estimate of drug-likeness (QED) is 0.716. The molecular weight excluding hydrogens is 239 g/mol. The maximum absolute atomic E-state index is 11.6. The van der Waals surface area contributed by atoms with Gasteiger partial charge in [0.05, 0.1) is 6.10 Å². The maximum atomic E-state index is 11.6. The van der Waals surface area contributed by atoms with Gasteiger partial charge in [-0.1, -0.05) is 13.0 Å². The highest BCUT2D eigenvalue weighted by Crippen LogP contribution is 2.43. The molecule has 4 nitrogen and oxygen atoms in total. The number of ether oxygens (including phenoxy) is 3. The maximum Gasteiger partial charge on any atom is 0.188 e. The molecule has 2 rings (SSSR count). The summed E-state index contributed by atoms with van der Waals surface area (Å²) in [4.78, 5) is 0. The summed E-state index contributed by atoms with van der Waals surface area (Å²) in [7, 11) is -2.14. The van der Waals surface area contributed by atoms with E-state index in [2.05, 4.69) is 6.92 Å². The topological polar surface area (TPSA) is 44.8 Å². The first-order valence-corrected chi connectivity index (χ1v) is 8.60. The second-order valence-corrected chi connectivity index (χ2v) is 8.87. The van der Waals surface area contributed by atoms with Gasteiger partial charge in [0.2, 0.25) is 0 Å². The third-order valence-electron chi connectivity index (χ3n) is 3.05. The molecule has 0 unspecified atom stereocenters. The summed E-state index contributed by atoms with van der Waals surface area (Å²) in [5.74, 6) is 1.40. The first kappa shape index (κ1) is 13.3. The van der Waals surface area contributed by atoms with Crippen LogP contribution in [0, 0.1) is 5.92 Å². The average Bonchev–Trinajstić information content (AvgIpc) is 2.57. The molecule has 0 bridgehead atoms. The van der Waals surface area contributed by atoms with Crippen LogP contribution in [-0.2, 0) is 18.8 Å².